The number of ether oxygens (including phenoxy) is 1. The highest BCUT2D eigenvalue weighted by Crippen LogP contribution is 2.00. The third kappa shape index (κ3) is 7.14. The summed E-state index contributed by atoms with van der Waals surface area (Å²) in [5.41, 5.74) is 0. The van der Waals surface area contributed by atoms with Crippen LogP contribution in [0.4, 0.5) is 0 Å². The maximum atomic E-state index is 10.9. The van der Waals surface area contributed by atoms with Crippen molar-refractivity contribution in [2.24, 2.45) is 5.92 Å². The van der Waals surface area contributed by atoms with Crippen LogP contribution < -0.4 is 0 Å². The van der Waals surface area contributed by atoms with Crippen molar-refractivity contribution in [3.63, 3.8) is 0 Å². The molecular formula is C10H16O2. The molecule has 0 aliphatic carbocycles. The van der Waals surface area contributed by atoms with Gasteiger partial charge in [-0.25, -0.2) is 0 Å². The van der Waals surface area contributed by atoms with Crippen molar-refractivity contribution < 1.29 is 9.53 Å². The highest BCUT2D eigenvalue weighted by atomic mass is 16.5. The fraction of sp³-hybridized carbons (Fsp3) is 0.700. The Balaban J connectivity index is 3.27. The number of hydrogen-bond acceptors (Lipinski definition) is 2. The number of esters is 1. The Bertz CT molecular complexity index is 165. The molecule has 2 nitrogen and oxygen atoms in total. The summed E-state index contributed by atoms with van der Waals surface area (Å²) >= 11 is 0. The molecule has 0 N–H and O–H groups in total. The second-order valence-corrected chi connectivity index (χ2v) is 3.11. The largest absolute Gasteiger partial charge is 0.466 e. The minimum atomic E-state index is -0.186. The highest BCUT2D eigenvalue weighted by molar-refractivity contribution is 5.69. The molecule has 0 saturated carbocycles. The van der Waals surface area contributed by atoms with Gasteiger partial charge in [-0.3, -0.25) is 4.79 Å². The van der Waals surface area contributed by atoms with E-state index in [-0.39, 0.29) is 5.97 Å². The maximum Gasteiger partial charge on any atom is 0.306 e. The molecule has 0 bridgehead atoms. The van der Waals surface area contributed by atoms with E-state index in [2.05, 4.69) is 19.8 Å². The molecule has 0 rings (SSSR count). The van der Waals surface area contributed by atoms with Crippen LogP contribution in [-0.4, -0.2) is 12.6 Å². The van der Waals surface area contributed by atoms with Gasteiger partial charge >= 0.3 is 5.97 Å². The molecule has 68 valence electrons. The van der Waals surface area contributed by atoms with Crippen molar-refractivity contribution in [2.75, 3.05) is 6.61 Å². The minimum Gasteiger partial charge on any atom is -0.466 e. The van der Waals surface area contributed by atoms with Gasteiger partial charge in [-0.2, -0.15) is 0 Å². The summed E-state index contributed by atoms with van der Waals surface area (Å²) in [6.07, 6.45) is 6.73. The van der Waals surface area contributed by atoms with Crippen LogP contribution in [0.2, 0.25) is 0 Å². The Labute approximate surface area is 74.3 Å². The molecule has 0 aromatic heterocycles. The second kappa shape index (κ2) is 6.72. The van der Waals surface area contributed by atoms with Gasteiger partial charge in [-0.05, 0) is 12.3 Å². The number of carbonyl (C=O) groups excluding carboxylic acids is 1. The van der Waals surface area contributed by atoms with Gasteiger partial charge in [-0.15, -0.1) is 12.3 Å². The molecule has 0 spiro atoms. The molecule has 0 aromatic rings. The van der Waals surface area contributed by atoms with E-state index >= 15 is 0 Å². The fourth-order valence-corrected chi connectivity index (χ4v) is 0.655. The lowest BCUT2D eigenvalue weighted by Crippen LogP contribution is -2.06. The first-order valence-electron chi connectivity index (χ1n) is 4.26. The normalized spacial score (nSPS) is 9.50. The average molecular weight is 168 g/mol. The van der Waals surface area contributed by atoms with Crippen molar-refractivity contribution in [1.29, 1.82) is 0 Å². The smallest absolute Gasteiger partial charge is 0.306 e. The molecule has 0 aromatic carbocycles. The number of rotatable bonds is 5. The van der Waals surface area contributed by atoms with Gasteiger partial charge < -0.3 is 4.74 Å². The van der Waals surface area contributed by atoms with E-state index in [0.29, 0.717) is 25.4 Å². The Morgan fingerprint density at radius 1 is 1.58 bits per heavy atom. The number of hydrogen-bond donors (Lipinski definition) is 0. The molecule has 0 aliphatic rings. The van der Waals surface area contributed by atoms with Crippen molar-refractivity contribution in [1.82, 2.24) is 0 Å². The Kier molecular flexibility index (Phi) is 6.18. The van der Waals surface area contributed by atoms with Gasteiger partial charge in [0, 0.05) is 6.42 Å². The molecule has 0 aliphatic heterocycles. The van der Waals surface area contributed by atoms with Gasteiger partial charge in [0.2, 0.25) is 0 Å². The lowest BCUT2D eigenvalue weighted by atomic mass is 10.1. The van der Waals surface area contributed by atoms with Crippen molar-refractivity contribution in [3.05, 3.63) is 0 Å². The predicted octanol–water partition coefficient (Wildman–Crippen LogP) is 1.99. The molecule has 0 heterocycles. The highest BCUT2D eigenvalue weighted by Gasteiger charge is 2.01. The van der Waals surface area contributed by atoms with E-state index in [1.807, 2.05) is 0 Å². The van der Waals surface area contributed by atoms with Crippen LogP contribution in [0.1, 0.15) is 33.1 Å². The van der Waals surface area contributed by atoms with Crippen molar-refractivity contribution >= 4 is 5.97 Å². The Morgan fingerprint density at radius 3 is 2.75 bits per heavy atom. The third-order valence-electron chi connectivity index (χ3n) is 1.43. The molecule has 0 unspecified atom stereocenters. The van der Waals surface area contributed by atoms with Crippen LogP contribution in [0.15, 0.2) is 0 Å². The molecule has 0 saturated heterocycles. The minimum absolute atomic E-state index is 0.186. The summed E-state index contributed by atoms with van der Waals surface area (Å²) in [6, 6.07) is 0. The fourth-order valence-electron chi connectivity index (χ4n) is 0.655. The first kappa shape index (κ1) is 11.0. The van der Waals surface area contributed by atoms with Crippen LogP contribution in [0, 0.1) is 18.3 Å². The summed E-state index contributed by atoms with van der Waals surface area (Å²) in [5, 5.41) is 0. The first-order chi connectivity index (χ1) is 5.66. The zero-order valence-electron chi connectivity index (χ0n) is 7.80. The van der Waals surface area contributed by atoms with Crippen LogP contribution in [-0.2, 0) is 9.53 Å². The van der Waals surface area contributed by atoms with Gasteiger partial charge in [0.1, 0.15) is 0 Å². The summed E-state index contributed by atoms with van der Waals surface area (Å²) in [5.74, 6) is 2.78. The SMILES string of the molecule is C#CCCC(=O)OCCC(C)C. The standard InChI is InChI=1S/C10H16O2/c1-4-5-6-10(11)12-8-7-9(2)3/h1,9H,5-8H2,2-3H3. The Morgan fingerprint density at radius 2 is 2.25 bits per heavy atom. The average Bonchev–Trinajstić information content (AvgIpc) is 2.00. The van der Waals surface area contributed by atoms with Crippen molar-refractivity contribution in [2.45, 2.75) is 33.1 Å². The van der Waals surface area contributed by atoms with E-state index in [1.165, 1.54) is 0 Å². The first-order valence-corrected chi connectivity index (χ1v) is 4.26. The van der Waals surface area contributed by atoms with Crippen LogP contribution >= 0.6 is 0 Å². The zero-order valence-corrected chi connectivity index (χ0v) is 7.80. The van der Waals surface area contributed by atoms with Crippen molar-refractivity contribution in [3.8, 4) is 12.3 Å². The summed E-state index contributed by atoms with van der Waals surface area (Å²) < 4.78 is 4.92. The maximum absolute atomic E-state index is 10.9. The van der Waals surface area contributed by atoms with Gasteiger partial charge in [0.25, 0.3) is 0 Å². The van der Waals surface area contributed by atoms with E-state index in [9.17, 15) is 4.79 Å². The summed E-state index contributed by atoms with van der Waals surface area (Å²) in [6.45, 7) is 4.70. The lowest BCUT2D eigenvalue weighted by molar-refractivity contribution is -0.143. The molecule has 12 heavy (non-hydrogen) atoms. The van der Waals surface area contributed by atoms with E-state index in [1.54, 1.807) is 0 Å². The number of carbonyl (C=O) groups is 1. The van der Waals surface area contributed by atoms with Gasteiger partial charge in [0.15, 0.2) is 0 Å². The molecule has 0 radical (unpaired) electrons. The number of terminal acetylenes is 1. The molecule has 0 amide bonds. The Hall–Kier alpha value is -0.970. The van der Waals surface area contributed by atoms with Crippen LogP contribution in [0.25, 0.3) is 0 Å². The zero-order chi connectivity index (χ0) is 9.40. The summed E-state index contributed by atoms with van der Waals surface area (Å²) in [7, 11) is 0. The molecule has 0 atom stereocenters. The third-order valence-corrected chi connectivity index (χ3v) is 1.43. The van der Waals surface area contributed by atoms with E-state index in [4.69, 9.17) is 11.2 Å². The quantitative estimate of drug-likeness (QED) is 0.463. The molecule has 2 heteroatoms. The lowest BCUT2D eigenvalue weighted by Gasteiger charge is -2.05. The van der Waals surface area contributed by atoms with Crippen LogP contribution in [0.5, 0.6) is 0 Å². The van der Waals surface area contributed by atoms with Crippen LogP contribution in [0.3, 0.4) is 0 Å². The summed E-state index contributed by atoms with van der Waals surface area (Å²) in [4.78, 5) is 10.9. The molecule has 0 fully saturated rings. The predicted molar refractivity (Wildman–Crippen MR) is 48.5 cm³/mol. The van der Waals surface area contributed by atoms with Gasteiger partial charge in [-0.1, -0.05) is 13.8 Å². The van der Waals surface area contributed by atoms with E-state index in [0.717, 1.165) is 6.42 Å². The van der Waals surface area contributed by atoms with Gasteiger partial charge in [0.05, 0.1) is 13.0 Å². The second-order valence-electron chi connectivity index (χ2n) is 3.11. The molecular weight excluding hydrogens is 152 g/mol. The monoisotopic (exact) mass is 168 g/mol. The topological polar surface area (TPSA) is 26.3 Å². The van der Waals surface area contributed by atoms with E-state index < -0.39 is 0 Å².